The van der Waals surface area contributed by atoms with Gasteiger partial charge in [0.15, 0.2) is 17.4 Å². The van der Waals surface area contributed by atoms with Crippen LogP contribution in [0.4, 0.5) is 23.8 Å². The lowest BCUT2D eigenvalue weighted by Gasteiger charge is -2.42. The number of rotatable bonds is 5. The number of aromatic nitrogens is 2. The summed E-state index contributed by atoms with van der Waals surface area (Å²) < 4.78 is 61.9. The van der Waals surface area contributed by atoms with E-state index in [4.69, 9.17) is 14.2 Å². The molecule has 0 saturated carbocycles. The summed E-state index contributed by atoms with van der Waals surface area (Å²) in [5, 5.41) is 0.0912. The number of hydrogen-bond acceptors (Lipinski definition) is 8. The second-order valence-corrected chi connectivity index (χ2v) is 13.4. The highest BCUT2D eigenvalue weighted by Gasteiger charge is 2.50. The fourth-order valence-electron chi connectivity index (χ4n) is 7.03. The van der Waals surface area contributed by atoms with Crippen LogP contribution in [0.5, 0.6) is 11.8 Å². The molecule has 2 bridgehead atoms. The lowest BCUT2D eigenvalue weighted by molar-refractivity contribution is 0.0122. The minimum absolute atomic E-state index is 0.0718. The predicted molar refractivity (Wildman–Crippen MR) is 149 cm³/mol. The van der Waals surface area contributed by atoms with Crippen molar-refractivity contribution in [2.45, 2.75) is 82.3 Å². The first kappa shape index (κ1) is 28.6. The topological polar surface area (TPSA) is 80.3 Å². The summed E-state index contributed by atoms with van der Waals surface area (Å²) in [4.78, 5) is 27.9. The van der Waals surface area contributed by atoms with Crippen LogP contribution in [0.2, 0.25) is 0 Å². The summed E-state index contributed by atoms with van der Waals surface area (Å²) in [6.07, 6.45) is 2.34. The predicted octanol–water partition coefficient (Wildman–Crippen LogP) is 5.22. The maximum absolute atomic E-state index is 15.6. The van der Waals surface area contributed by atoms with Gasteiger partial charge in [-0.15, -0.1) is 0 Å². The molecule has 4 aliphatic rings. The molecule has 6 rings (SSSR count). The average Bonchev–Trinajstić information content (AvgIpc) is 3.52. The van der Waals surface area contributed by atoms with Crippen LogP contribution in [0.25, 0.3) is 10.9 Å². The van der Waals surface area contributed by atoms with Crippen molar-refractivity contribution in [1.82, 2.24) is 19.8 Å². The number of carbonyl (C=O) groups excluding carboxylic acids is 1. The molecule has 0 N–H and O–H groups in total. The van der Waals surface area contributed by atoms with Gasteiger partial charge in [-0.25, -0.2) is 18.0 Å². The Balaban J connectivity index is 1.37. The Hall–Kier alpha value is -2.54. The zero-order chi connectivity index (χ0) is 29.3. The van der Waals surface area contributed by atoms with Gasteiger partial charge in [0, 0.05) is 26.1 Å². The van der Waals surface area contributed by atoms with E-state index in [0.717, 1.165) is 32.2 Å². The van der Waals surface area contributed by atoms with Gasteiger partial charge in [-0.2, -0.15) is 9.97 Å². The second-order valence-electron chi connectivity index (χ2n) is 12.6. The Morgan fingerprint density at radius 1 is 1.12 bits per heavy atom. The quantitative estimate of drug-likeness (QED) is 0.411. The van der Waals surface area contributed by atoms with Crippen LogP contribution in [-0.2, 0) is 4.74 Å². The summed E-state index contributed by atoms with van der Waals surface area (Å²) in [6, 6.07) is -0.405. The van der Waals surface area contributed by atoms with Crippen molar-refractivity contribution >= 4 is 38.7 Å². The molecule has 2 aromatic rings. The molecule has 0 radical (unpaired) electrons. The Labute approximate surface area is 245 Å². The third kappa shape index (κ3) is 4.96. The Bertz CT molecular complexity index is 1360. The number of nitrogens with zero attached hydrogens (tertiary/aromatic N) is 5. The van der Waals surface area contributed by atoms with Crippen LogP contribution in [0, 0.1) is 11.6 Å². The molecule has 13 heteroatoms. The Kier molecular flexibility index (Phi) is 7.19. The molecule has 4 fully saturated rings. The van der Waals surface area contributed by atoms with Crippen molar-refractivity contribution in [3.8, 4) is 11.8 Å². The van der Waals surface area contributed by atoms with E-state index in [0.29, 0.717) is 26.1 Å². The molecule has 41 heavy (non-hydrogen) atoms. The van der Waals surface area contributed by atoms with E-state index in [2.05, 4.69) is 30.8 Å². The van der Waals surface area contributed by atoms with Crippen LogP contribution < -0.4 is 14.4 Å². The third-order valence-corrected chi connectivity index (χ3v) is 9.41. The Morgan fingerprint density at radius 2 is 1.83 bits per heavy atom. The van der Waals surface area contributed by atoms with E-state index in [9.17, 15) is 9.18 Å². The number of carbonyl (C=O) groups is 1. The van der Waals surface area contributed by atoms with Crippen molar-refractivity contribution in [2.75, 3.05) is 44.8 Å². The highest BCUT2D eigenvalue weighted by Crippen LogP contribution is 2.44. The number of halogens is 4. The second kappa shape index (κ2) is 10.3. The smallest absolute Gasteiger partial charge is 0.410 e. The van der Waals surface area contributed by atoms with Gasteiger partial charge in [0.25, 0.3) is 0 Å². The molecular weight excluding hydrogens is 607 g/mol. The molecule has 4 atom stereocenters. The van der Waals surface area contributed by atoms with Gasteiger partial charge < -0.3 is 19.1 Å². The molecule has 9 nitrogen and oxygen atoms in total. The molecule has 2 unspecified atom stereocenters. The number of anilines is 1. The maximum atomic E-state index is 15.6. The van der Waals surface area contributed by atoms with Gasteiger partial charge in [-0.1, -0.05) is 0 Å². The first-order valence-corrected chi connectivity index (χ1v) is 14.9. The van der Waals surface area contributed by atoms with Gasteiger partial charge in [0.05, 0.1) is 34.6 Å². The van der Waals surface area contributed by atoms with Crippen molar-refractivity contribution in [3.63, 3.8) is 0 Å². The number of methoxy groups -OCH3 is 1. The monoisotopic (exact) mass is 641 g/mol. The van der Waals surface area contributed by atoms with Gasteiger partial charge >= 0.3 is 12.1 Å². The lowest BCUT2D eigenvalue weighted by Crippen LogP contribution is -2.57. The number of fused-ring (bicyclic) bond motifs is 4. The molecule has 4 saturated heterocycles. The van der Waals surface area contributed by atoms with E-state index in [1.807, 2.05) is 25.7 Å². The van der Waals surface area contributed by atoms with Crippen molar-refractivity contribution in [2.24, 2.45) is 0 Å². The van der Waals surface area contributed by atoms with E-state index in [1.165, 1.54) is 7.11 Å². The SMILES string of the molecule is COc1c(F)c(Br)c(F)c2nc(OC[C@@]34CCCN3C[C@H](F)C4)nc(N3CC4CCC(C3)N4C(=O)OC(C)(C)C)c12. The molecule has 0 spiro atoms. The minimum Gasteiger partial charge on any atom is -0.493 e. The molecule has 5 heterocycles. The largest absolute Gasteiger partial charge is 0.493 e. The normalized spacial score (nSPS) is 28.0. The number of alkyl halides is 1. The van der Waals surface area contributed by atoms with E-state index >= 15 is 8.78 Å². The highest BCUT2D eigenvalue weighted by molar-refractivity contribution is 9.10. The van der Waals surface area contributed by atoms with Gasteiger partial charge in [-0.3, -0.25) is 9.80 Å². The van der Waals surface area contributed by atoms with Crippen LogP contribution >= 0.6 is 15.9 Å². The van der Waals surface area contributed by atoms with Crippen molar-refractivity contribution < 1.29 is 32.2 Å². The first-order chi connectivity index (χ1) is 19.4. The Morgan fingerprint density at radius 3 is 2.49 bits per heavy atom. The van der Waals surface area contributed by atoms with E-state index in [1.54, 1.807) is 4.90 Å². The zero-order valence-electron chi connectivity index (χ0n) is 23.7. The number of piperazine rings is 1. The van der Waals surface area contributed by atoms with Crippen LogP contribution in [0.1, 0.15) is 52.9 Å². The summed E-state index contributed by atoms with van der Waals surface area (Å²) in [7, 11) is 1.31. The van der Waals surface area contributed by atoms with Crippen molar-refractivity contribution in [1.29, 1.82) is 0 Å². The summed E-state index contributed by atoms with van der Waals surface area (Å²) in [5.41, 5.74) is -1.22. The lowest BCUT2D eigenvalue weighted by atomic mass is 9.95. The molecule has 1 aromatic heterocycles. The molecule has 224 valence electrons. The van der Waals surface area contributed by atoms with Gasteiger partial charge in [0.2, 0.25) is 0 Å². The number of hydrogen-bond donors (Lipinski definition) is 0. The summed E-state index contributed by atoms with van der Waals surface area (Å²) in [5.74, 6) is -1.71. The molecule has 4 aliphatic heterocycles. The molecule has 1 aromatic carbocycles. The zero-order valence-corrected chi connectivity index (χ0v) is 25.3. The van der Waals surface area contributed by atoms with Crippen LogP contribution in [0.15, 0.2) is 4.47 Å². The van der Waals surface area contributed by atoms with Crippen molar-refractivity contribution in [3.05, 3.63) is 16.1 Å². The number of ether oxygens (including phenoxy) is 3. The number of amides is 1. The van der Waals surface area contributed by atoms with E-state index < -0.39 is 33.4 Å². The fraction of sp³-hybridized carbons (Fsp3) is 0.679. The summed E-state index contributed by atoms with van der Waals surface area (Å²) >= 11 is 3.00. The first-order valence-electron chi connectivity index (χ1n) is 14.1. The average molecular weight is 643 g/mol. The van der Waals surface area contributed by atoms with Crippen LogP contribution in [0.3, 0.4) is 0 Å². The molecule has 0 aliphatic carbocycles. The summed E-state index contributed by atoms with van der Waals surface area (Å²) in [6.45, 7) is 7.58. The van der Waals surface area contributed by atoms with Gasteiger partial charge in [-0.05, 0) is 68.9 Å². The molecular formula is C28H35BrF3N5O4. The highest BCUT2D eigenvalue weighted by atomic mass is 79.9. The number of benzene rings is 1. The maximum Gasteiger partial charge on any atom is 0.410 e. The van der Waals surface area contributed by atoms with Crippen LogP contribution in [-0.4, -0.2) is 95.2 Å². The fourth-order valence-corrected chi connectivity index (χ4v) is 7.40. The van der Waals surface area contributed by atoms with E-state index in [-0.39, 0.29) is 53.3 Å². The molecule has 1 amide bonds. The van der Waals surface area contributed by atoms with Gasteiger partial charge in [0.1, 0.15) is 29.7 Å². The standard InChI is InChI=1S/C28H35BrF3N5O4/c1-27(2,3)41-26(38)37-16-6-7-17(37)13-35(12-16)24-18-22(20(31)19(29)21(32)23(18)39-4)33-25(34-24)40-14-28-8-5-9-36(28)11-15(30)10-28/h15-17H,5-14H2,1-4H3/t15-,16?,17?,28+/m1/s1. The third-order valence-electron chi connectivity index (χ3n) is 8.71. The minimum atomic E-state index is -0.927.